The first-order chi connectivity index (χ1) is 9.45. The van der Waals surface area contributed by atoms with E-state index in [1.54, 1.807) is 0 Å². The van der Waals surface area contributed by atoms with Crippen molar-refractivity contribution in [2.24, 2.45) is 0 Å². The first-order valence-electron chi connectivity index (χ1n) is 5.42. The molecule has 1 rings (SSSR count). The number of carbonyl (C=O) groups is 2. The van der Waals surface area contributed by atoms with Gasteiger partial charge in [0.2, 0.25) is 34.8 Å². The van der Waals surface area contributed by atoms with Gasteiger partial charge in [-0.15, -0.1) is 0 Å². The van der Waals surface area contributed by atoms with Crippen molar-refractivity contribution in [1.29, 1.82) is 0 Å². The van der Waals surface area contributed by atoms with Crippen LogP contribution in [-0.2, 0) is 14.3 Å². The highest BCUT2D eigenvalue weighted by Gasteiger charge is 2.32. The second-order valence-electron chi connectivity index (χ2n) is 4.79. The zero-order valence-electron chi connectivity index (χ0n) is 11.0. The van der Waals surface area contributed by atoms with E-state index < -0.39 is 52.4 Å². The molecule has 0 bridgehead atoms. The molecule has 0 fully saturated rings. The van der Waals surface area contributed by atoms with Gasteiger partial charge < -0.3 is 9.47 Å². The third-order valence-corrected chi connectivity index (χ3v) is 1.93. The number of hydrogen-bond acceptors (Lipinski definition) is 4. The summed E-state index contributed by atoms with van der Waals surface area (Å²) in [5.41, 5.74) is -1.12. The van der Waals surface area contributed by atoms with Crippen LogP contribution in [0.15, 0.2) is 0 Å². The van der Waals surface area contributed by atoms with Crippen molar-refractivity contribution in [3.05, 3.63) is 29.1 Å². The second kappa shape index (κ2) is 5.66. The predicted octanol–water partition coefficient (Wildman–Crippen LogP) is 2.63. The van der Waals surface area contributed by atoms with Crippen molar-refractivity contribution in [2.75, 3.05) is 0 Å². The molecular weight excluding hydrogens is 303 g/mol. The van der Waals surface area contributed by atoms with E-state index in [1.807, 2.05) is 0 Å². The minimum Gasteiger partial charge on any atom is -0.452 e. The first-order valence-corrected chi connectivity index (χ1v) is 5.42. The van der Waals surface area contributed by atoms with E-state index >= 15 is 0 Å². The lowest BCUT2D eigenvalue weighted by Crippen LogP contribution is -2.32. The molecule has 9 heteroatoms. The summed E-state index contributed by atoms with van der Waals surface area (Å²) in [6.45, 7) is 4.16. The molecule has 0 radical (unpaired) electrons. The third kappa shape index (κ3) is 3.67. The standard InChI is InChI=1S/C12H9F5O4/c1-12(2,3)21-11(19)10(18)20-9-7(16)5(14)4(13)6(15)8(9)17/h1-3H3. The van der Waals surface area contributed by atoms with Crippen molar-refractivity contribution in [3.63, 3.8) is 0 Å². The second-order valence-corrected chi connectivity index (χ2v) is 4.79. The van der Waals surface area contributed by atoms with Crippen molar-refractivity contribution >= 4 is 11.9 Å². The van der Waals surface area contributed by atoms with Gasteiger partial charge in [0.05, 0.1) is 0 Å². The fraction of sp³-hybridized carbons (Fsp3) is 0.333. The first kappa shape index (κ1) is 16.9. The van der Waals surface area contributed by atoms with Crippen LogP contribution in [0.3, 0.4) is 0 Å². The van der Waals surface area contributed by atoms with E-state index in [0.717, 1.165) is 0 Å². The minimum absolute atomic E-state index is 1.12. The molecule has 0 aliphatic rings. The molecule has 0 saturated heterocycles. The lowest BCUT2D eigenvalue weighted by Gasteiger charge is -2.18. The van der Waals surface area contributed by atoms with Crippen molar-refractivity contribution in [1.82, 2.24) is 0 Å². The maximum absolute atomic E-state index is 13.2. The van der Waals surface area contributed by atoms with Gasteiger partial charge in [-0.25, -0.2) is 22.8 Å². The maximum Gasteiger partial charge on any atom is 0.423 e. The van der Waals surface area contributed by atoms with Gasteiger partial charge in [-0.1, -0.05) is 0 Å². The molecule has 0 spiro atoms. The van der Waals surface area contributed by atoms with E-state index in [9.17, 15) is 31.5 Å². The van der Waals surface area contributed by atoms with Crippen LogP contribution in [0, 0.1) is 29.1 Å². The van der Waals surface area contributed by atoms with Gasteiger partial charge in [-0.05, 0) is 20.8 Å². The Morgan fingerprint density at radius 3 is 1.52 bits per heavy atom. The molecule has 1 aromatic rings. The normalized spacial score (nSPS) is 11.2. The Kier molecular flexibility index (Phi) is 4.55. The summed E-state index contributed by atoms with van der Waals surface area (Å²) in [6, 6.07) is 0. The van der Waals surface area contributed by atoms with Gasteiger partial charge in [0.15, 0.2) is 0 Å². The van der Waals surface area contributed by atoms with Crippen LogP contribution >= 0.6 is 0 Å². The van der Waals surface area contributed by atoms with E-state index in [-0.39, 0.29) is 0 Å². The Morgan fingerprint density at radius 2 is 1.14 bits per heavy atom. The van der Waals surface area contributed by atoms with Crippen LogP contribution in [-0.4, -0.2) is 17.5 Å². The highest BCUT2D eigenvalue weighted by atomic mass is 19.2. The van der Waals surface area contributed by atoms with E-state index in [0.29, 0.717) is 0 Å². The molecule has 0 N–H and O–H groups in total. The summed E-state index contributed by atoms with van der Waals surface area (Å²) in [5.74, 6) is -17.2. The average Bonchev–Trinajstić information content (AvgIpc) is 2.37. The molecule has 21 heavy (non-hydrogen) atoms. The van der Waals surface area contributed by atoms with Gasteiger partial charge in [0.1, 0.15) is 5.60 Å². The lowest BCUT2D eigenvalue weighted by molar-refractivity contribution is -0.170. The SMILES string of the molecule is CC(C)(C)OC(=O)C(=O)Oc1c(F)c(F)c(F)c(F)c1F. The van der Waals surface area contributed by atoms with Gasteiger partial charge in [-0.3, -0.25) is 0 Å². The Bertz CT molecular complexity index is 578. The lowest BCUT2D eigenvalue weighted by atomic mass is 10.2. The molecule has 116 valence electrons. The maximum atomic E-state index is 13.2. The topological polar surface area (TPSA) is 52.6 Å². The summed E-state index contributed by atoms with van der Waals surface area (Å²) in [6.07, 6.45) is 0. The van der Waals surface area contributed by atoms with Crippen LogP contribution in [0.25, 0.3) is 0 Å². The molecule has 0 atom stereocenters. The van der Waals surface area contributed by atoms with E-state index in [4.69, 9.17) is 0 Å². The summed E-state index contributed by atoms with van der Waals surface area (Å²) < 4.78 is 73.3. The Labute approximate surface area is 115 Å². The largest absolute Gasteiger partial charge is 0.452 e. The average molecular weight is 312 g/mol. The zero-order chi connectivity index (χ0) is 16.5. The quantitative estimate of drug-likeness (QED) is 0.200. The molecule has 0 heterocycles. The molecular formula is C12H9F5O4. The van der Waals surface area contributed by atoms with Gasteiger partial charge in [0.25, 0.3) is 0 Å². The number of rotatable bonds is 1. The van der Waals surface area contributed by atoms with Gasteiger partial charge in [-0.2, -0.15) is 8.78 Å². The molecule has 0 amide bonds. The Morgan fingerprint density at radius 1 is 0.762 bits per heavy atom. The molecule has 4 nitrogen and oxygen atoms in total. The molecule has 0 aromatic heterocycles. The fourth-order valence-corrected chi connectivity index (χ4v) is 1.13. The number of carbonyl (C=O) groups excluding carboxylic acids is 2. The summed E-state index contributed by atoms with van der Waals surface area (Å²) >= 11 is 0. The zero-order valence-corrected chi connectivity index (χ0v) is 11.0. The monoisotopic (exact) mass is 312 g/mol. The van der Waals surface area contributed by atoms with Gasteiger partial charge >= 0.3 is 11.9 Å². The van der Waals surface area contributed by atoms with E-state index in [1.165, 1.54) is 20.8 Å². The van der Waals surface area contributed by atoms with Crippen molar-refractivity contribution in [2.45, 2.75) is 26.4 Å². The van der Waals surface area contributed by atoms with E-state index in [2.05, 4.69) is 9.47 Å². The van der Waals surface area contributed by atoms with Crippen LogP contribution in [0.2, 0.25) is 0 Å². The van der Waals surface area contributed by atoms with Gasteiger partial charge in [0, 0.05) is 0 Å². The van der Waals surface area contributed by atoms with Crippen molar-refractivity contribution in [3.8, 4) is 5.75 Å². The number of ether oxygens (including phenoxy) is 2. The smallest absolute Gasteiger partial charge is 0.423 e. The van der Waals surface area contributed by atoms with Crippen molar-refractivity contribution < 1.29 is 41.0 Å². The summed E-state index contributed by atoms with van der Waals surface area (Å²) in [5, 5.41) is 0. The minimum atomic E-state index is -2.41. The number of hydrogen-bond donors (Lipinski definition) is 0. The number of halogens is 5. The fourth-order valence-electron chi connectivity index (χ4n) is 1.13. The highest BCUT2D eigenvalue weighted by molar-refractivity contribution is 6.30. The molecule has 0 aliphatic heterocycles. The Hall–Kier alpha value is -2.19. The van der Waals surface area contributed by atoms with Crippen LogP contribution in [0.5, 0.6) is 5.75 Å². The summed E-state index contributed by atoms with van der Waals surface area (Å²) in [4.78, 5) is 22.5. The van der Waals surface area contributed by atoms with Crippen LogP contribution < -0.4 is 4.74 Å². The molecule has 0 unspecified atom stereocenters. The third-order valence-electron chi connectivity index (χ3n) is 1.93. The number of esters is 2. The highest BCUT2D eigenvalue weighted by Crippen LogP contribution is 2.29. The summed E-state index contributed by atoms with van der Waals surface area (Å²) in [7, 11) is 0. The van der Waals surface area contributed by atoms with Crippen LogP contribution in [0.4, 0.5) is 22.0 Å². The predicted molar refractivity (Wildman–Crippen MR) is 57.7 cm³/mol. The Balaban J connectivity index is 3.10. The molecule has 0 aliphatic carbocycles. The molecule has 0 saturated carbocycles. The van der Waals surface area contributed by atoms with Crippen LogP contribution in [0.1, 0.15) is 20.8 Å². The number of benzene rings is 1. The molecule has 1 aromatic carbocycles.